The summed E-state index contributed by atoms with van der Waals surface area (Å²) >= 11 is 1.65. The Hall–Kier alpha value is -0.680. The third-order valence-electron chi connectivity index (χ3n) is 2.98. The highest BCUT2D eigenvalue weighted by atomic mass is 32.1. The molecule has 16 heavy (non-hydrogen) atoms. The predicted octanol–water partition coefficient (Wildman–Crippen LogP) is 2.06. The Labute approximate surface area is 101 Å². The van der Waals surface area contributed by atoms with Gasteiger partial charge in [-0.3, -0.25) is 4.90 Å². The van der Waals surface area contributed by atoms with Crippen molar-refractivity contribution in [2.24, 2.45) is 11.8 Å². The Morgan fingerprint density at radius 3 is 2.56 bits per heavy atom. The molecular weight excluding hydrogens is 220 g/mol. The average Bonchev–Trinajstić information content (AvgIpc) is 2.64. The molecule has 0 spiro atoms. The number of likely N-dealkylation sites (tertiary alicyclic amines) is 1. The van der Waals surface area contributed by atoms with E-state index in [1.807, 2.05) is 7.05 Å². The van der Waals surface area contributed by atoms with Gasteiger partial charge in [-0.15, -0.1) is 10.2 Å². The van der Waals surface area contributed by atoms with Crippen molar-refractivity contribution in [1.82, 2.24) is 15.1 Å². The third kappa shape index (κ3) is 2.92. The normalized spacial score (nSPS) is 26.9. The number of rotatable bonds is 3. The first kappa shape index (κ1) is 11.8. The summed E-state index contributed by atoms with van der Waals surface area (Å²) in [6.45, 7) is 8.01. The van der Waals surface area contributed by atoms with Crippen LogP contribution in [0.1, 0.15) is 25.3 Å². The van der Waals surface area contributed by atoms with Crippen LogP contribution in [0, 0.1) is 11.8 Å². The smallest absolute Gasteiger partial charge is 0.205 e. The zero-order chi connectivity index (χ0) is 11.5. The van der Waals surface area contributed by atoms with Gasteiger partial charge in [-0.05, 0) is 18.3 Å². The molecule has 1 aromatic rings. The lowest BCUT2D eigenvalue weighted by Crippen LogP contribution is -2.38. The van der Waals surface area contributed by atoms with Gasteiger partial charge in [0.1, 0.15) is 5.01 Å². The van der Waals surface area contributed by atoms with Gasteiger partial charge in [0.15, 0.2) is 0 Å². The Balaban J connectivity index is 1.93. The number of nitrogens with one attached hydrogen (secondary N) is 1. The van der Waals surface area contributed by atoms with E-state index in [1.165, 1.54) is 19.5 Å². The summed E-state index contributed by atoms with van der Waals surface area (Å²) in [5.74, 6) is 1.61. The minimum atomic E-state index is 0.806. The molecule has 90 valence electrons. The summed E-state index contributed by atoms with van der Waals surface area (Å²) in [6.07, 6.45) is 1.36. The van der Waals surface area contributed by atoms with Crippen LogP contribution in [-0.2, 0) is 6.54 Å². The fourth-order valence-corrected chi connectivity index (χ4v) is 3.27. The molecule has 1 fully saturated rings. The van der Waals surface area contributed by atoms with Gasteiger partial charge >= 0.3 is 0 Å². The van der Waals surface area contributed by atoms with Gasteiger partial charge in [0.25, 0.3) is 0 Å². The molecule has 0 bridgehead atoms. The molecule has 1 N–H and O–H groups in total. The van der Waals surface area contributed by atoms with Gasteiger partial charge in [-0.2, -0.15) is 0 Å². The highest BCUT2D eigenvalue weighted by Crippen LogP contribution is 2.24. The van der Waals surface area contributed by atoms with Crippen molar-refractivity contribution >= 4 is 16.5 Å². The maximum Gasteiger partial charge on any atom is 0.205 e. The second-order valence-corrected chi connectivity index (χ2v) is 5.95. The quantitative estimate of drug-likeness (QED) is 0.878. The second kappa shape index (κ2) is 5.10. The van der Waals surface area contributed by atoms with Crippen LogP contribution in [0.2, 0.25) is 0 Å². The van der Waals surface area contributed by atoms with Gasteiger partial charge in [-0.1, -0.05) is 25.2 Å². The van der Waals surface area contributed by atoms with Crippen molar-refractivity contribution in [2.45, 2.75) is 26.8 Å². The molecule has 0 aliphatic carbocycles. The molecule has 0 amide bonds. The monoisotopic (exact) mass is 240 g/mol. The van der Waals surface area contributed by atoms with Crippen molar-refractivity contribution in [3.8, 4) is 0 Å². The van der Waals surface area contributed by atoms with E-state index >= 15 is 0 Å². The zero-order valence-corrected chi connectivity index (χ0v) is 11.0. The number of nitrogens with zero attached hydrogens (tertiary/aromatic N) is 3. The Morgan fingerprint density at radius 2 is 2.00 bits per heavy atom. The SMILES string of the molecule is CNc1nnc(CN2CC(C)CC(C)C2)s1. The molecule has 0 radical (unpaired) electrons. The fraction of sp³-hybridized carbons (Fsp3) is 0.818. The van der Waals surface area contributed by atoms with E-state index in [-0.39, 0.29) is 0 Å². The lowest BCUT2D eigenvalue weighted by Gasteiger charge is -2.34. The molecule has 0 saturated carbocycles. The van der Waals surface area contributed by atoms with Crippen LogP contribution in [0.4, 0.5) is 5.13 Å². The minimum Gasteiger partial charge on any atom is -0.363 e. The first-order valence-electron chi connectivity index (χ1n) is 5.90. The molecule has 1 aromatic heterocycles. The standard InChI is InChI=1S/C11H20N4S/c1-8-4-9(2)6-15(5-8)7-10-13-14-11(12-3)16-10/h8-9H,4-7H2,1-3H3,(H,12,14). The molecule has 2 heterocycles. The second-order valence-electron chi connectivity index (χ2n) is 4.89. The molecule has 0 aromatic carbocycles. The van der Waals surface area contributed by atoms with Crippen molar-refractivity contribution in [3.63, 3.8) is 0 Å². The minimum absolute atomic E-state index is 0.806. The summed E-state index contributed by atoms with van der Waals surface area (Å²) in [6, 6.07) is 0. The fourth-order valence-electron chi connectivity index (χ4n) is 2.53. The summed E-state index contributed by atoms with van der Waals surface area (Å²) in [5.41, 5.74) is 0. The van der Waals surface area contributed by atoms with Crippen LogP contribution >= 0.6 is 11.3 Å². The van der Waals surface area contributed by atoms with E-state index in [9.17, 15) is 0 Å². The van der Waals surface area contributed by atoms with Gasteiger partial charge in [0, 0.05) is 20.1 Å². The maximum absolute atomic E-state index is 4.20. The van der Waals surface area contributed by atoms with Crippen LogP contribution in [-0.4, -0.2) is 35.2 Å². The van der Waals surface area contributed by atoms with Crippen LogP contribution in [0.3, 0.4) is 0 Å². The van der Waals surface area contributed by atoms with E-state index in [2.05, 4.69) is 34.3 Å². The van der Waals surface area contributed by atoms with E-state index in [4.69, 9.17) is 0 Å². The summed E-state index contributed by atoms with van der Waals surface area (Å²) in [4.78, 5) is 2.50. The molecule has 2 atom stereocenters. The van der Waals surface area contributed by atoms with E-state index in [0.717, 1.165) is 28.5 Å². The third-order valence-corrected chi connectivity index (χ3v) is 3.91. The highest BCUT2D eigenvalue weighted by molar-refractivity contribution is 7.15. The van der Waals surface area contributed by atoms with Gasteiger partial charge in [0.05, 0.1) is 6.54 Å². The molecule has 4 nitrogen and oxygen atoms in total. The largest absolute Gasteiger partial charge is 0.363 e. The zero-order valence-electron chi connectivity index (χ0n) is 10.2. The van der Waals surface area contributed by atoms with E-state index in [0.29, 0.717) is 0 Å². The topological polar surface area (TPSA) is 41.1 Å². The summed E-state index contributed by atoms with van der Waals surface area (Å²) in [5, 5.41) is 13.3. The summed E-state index contributed by atoms with van der Waals surface area (Å²) < 4.78 is 0. The Bertz CT molecular complexity index is 328. The Morgan fingerprint density at radius 1 is 1.31 bits per heavy atom. The molecular formula is C11H20N4S. The lowest BCUT2D eigenvalue weighted by molar-refractivity contribution is 0.134. The molecule has 1 aliphatic heterocycles. The lowest BCUT2D eigenvalue weighted by atomic mass is 9.92. The molecule has 1 saturated heterocycles. The number of hydrogen-bond donors (Lipinski definition) is 1. The van der Waals surface area contributed by atoms with Crippen molar-refractivity contribution < 1.29 is 0 Å². The molecule has 2 unspecified atom stereocenters. The van der Waals surface area contributed by atoms with Gasteiger partial charge < -0.3 is 5.32 Å². The molecule has 1 aliphatic rings. The first-order valence-corrected chi connectivity index (χ1v) is 6.71. The predicted molar refractivity (Wildman–Crippen MR) is 67.7 cm³/mol. The van der Waals surface area contributed by atoms with Crippen molar-refractivity contribution in [3.05, 3.63) is 5.01 Å². The number of hydrogen-bond acceptors (Lipinski definition) is 5. The van der Waals surface area contributed by atoms with Crippen LogP contribution in [0.15, 0.2) is 0 Å². The van der Waals surface area contributed by atoms with Crippen molar-refractivity contribution in [1.29, 1.82) is 0 Å². The van der Waals surface area contributed by atoms with Crippen LogP contribution < -0.4 is 5.32 Å². The van der Waals surface area contributed by atoms with E-state index in [1.54, 1.807) is 11.3 Å². The maximum atomic E-state index is 4.20. The number of piperidine rings is 1. The van der Waals surface area contributed by atoms with Gasteiger partial charge in [-0.25, -0.2) is 0 Å². The molecule has 5 heteroatoms. The average molecular weight is 240 g/mol. The van der Waals surface area contributed by atoms with E-state index < -0.39 is 0 Å². The summed E-state index contributed by atoms with van der Waals surface area (Å²) in [7, 11) is 1.88. The number of anilines is 1. The number of aromatic nitrogens is 2. The van der Waals surface area contributed by atoms with Crippen LogP contribution in [0.25, 0.3) is 0 Å². The molecule has 2 rings (SSSR count). The van der Waals surface area contributed by atoms with Crippen molar-refractivity contribution in [2.75, 3.05) is 25.5 Å². The van der Waals surface area contributed by atoms with Crippen LogP contribution in [0.5, 0.6) is 0 Å². The van der Waals surface area contributed by atoms with Gasteiger partial charge in [0.2, 0.25) is 5.13 Å². The first-order chi connectivity index (χ1) is 7.67. The Kier molecular flexibility index (Phi) is 3.76. The highest BCUT2D eigenvalue weighted by Gasteiger charge is 2.22.